The van der Waals surface area contributed by atoms with Crippen LogP contribution in [0.3, 0.4) is 0 Å². The highest BCUT2D eigenvalue weighted by Gasteiger charge is 2.26. The first-order valence-electron chi connectivity index (χ1n) is 9.15. The molecule has 1 atom stereocenters. The monoisotopic (exact) mass is 401 g/mol. The Morgan fingerprint density at radius 2 is 1.85 bits per heavy atom. The lowest BCUT2D eigenvalue weighted by Gasteiger charge is -2.23. The number of halogens is 1. The van der Waals surface area contributed by atoms with Crippen LogP contribution in [-0.2, 0) is 21.2 Å². The molecule has 0 bridgehead atoms. The number of rotatable bonds is 6. The molecule has 0 aliphatic carbocycles. The van der Waals surface area contributed by atoms with E-state index >= 15 is 0 Å². The van der Waals surface area contributed by atoms with Gasteiger partial charge in [-0.25, -0.2) is 8.42 Å². The van der Waals surface area contributed by atoms with Crippen LogP contribution in [-0.4, -0.2) is 50.9 Å². The second kappa shape index (κ2) is 9.69. The number of sulfonamides is 1. The number of amides is 1. The van der Waals surface area contributed by atoms with Crippen LogP contribution in [0.4, 0.5) is 0 Å². The fourth-order valence-electron chi connectivity index (χ4n) is 3.44. The van der Waals surface area contributed by atoms with Gasteiger partial charge in [-0.1, -0.05) is 12.1 Å². The largest absolute Gasteiger partial charge is 0.352 e. The minimum atomic E-state index is -3.36. The number of hydrogen-bond donors (Lipinski definition) is 2. The standard InChI is InChI=1S/C18H27N3O3S.ClH/c22-18(20-16-4-3-11-19-14-16)10-7-15-5-8-17(9-6-15)25(23,24)21-12-1-2-13-21;/h5-6,8-9,16,19H,1-4,7,10-14H2,(H,20,22);1H/t16-;/m0./s1. The smallest absolute Gasteiger partial charge is 0.243 e. The molecule has 6 nitrogen and oxygen atoms in total. The number of aryl methyl sites for hydroxylation is 1. The van der Waals surface area contributed by atoms with E-state index in [0.717, 1.165) is 44.3 Å². The second-order valence-electron chi connectivity index (χ2n) is 6.87. The third kappa shape index (κ3) is 5.42. The summed E-state index contributed by atoms with van der Waals surface area (Å²) < 4.78 is 26.5. The molecule has 146 valence electrons. The summed E-state index contributed by atoms with van der Waals surface area (Å²) in [7, 11) is -3.36. The molecule has 3 rings (SSSR count). The van der Waals surface area contributed by atoms with E-state index in [1.807, 2.05) is 12.1 Å². The van der Waals surface area contributed by atoms with Crippen molar-refractivity contribution in [1.82, 2.24) is 14.9 Å². The topological polar surface area (TPSA) is 78.5 Å². The Hall–Kier alpha value is -1.15. The number of hydrogen-bond acceptors (Lipinski definition) is 4. The van der Waals surface area contributed by atoms with Crippen molar-refractivity contribution in [3.63, 3.8) is 0 Å². The molecule has 1 aromatic carbocycles. The highest BCUT2D eigenvalue weighted by atomic mass is 35.5. The molecule has 2 N–H and O–H groups in total. The van der Waals surface area contributed by atoms with Crippen LogP contribution < -0.4 is 10.6 Å². The molecule has 1 aromatic rings. The molecule has 2 saturated heterocycles. The van der Waals surface area contributed by atoms with E-state index in [1.54, 1.807) is 16.4 Å². The van der Waals surface area contributed by atoms with Crippen LogP contribution in [0.15, 0.2) is 29.2 Å². The second-order valence-corrected chi connectivity index (χ2v) is 8.80. The van der Waals surface area contributed by atoms with Gasteiger partial charge in [0.1, 0.15) is 0 Å². The fourth-order valence-corrected chi connectivity index (χ4v) is 4.96. The zero-order valence-corrected chi connectivity index (χ0v) is 16.6. The summed E-state index contributed by atoms with van der Waals surface area (Å²) in [5.41, 5.74) is 0.984. The molecule has 0 aromatic heterocycles. The lowest BCUT2D eigenvalue weighted by atomic mass is 10.1. The van der Waals surface area contributed by atoms with Crippen molar-refractivity contribution in [2.45, 2.75) is 49.5 Å². The zero-order valence-electron chi connectivity index (χ0n) is 14.9. The number of carbonyl (C=O) groups excluding carboxylic acids is 1. The van der Waals surface area contributed by atoms with Gasteiger partial charge in [-0.3, -0.25) is 4.79 Å². The Kier molecular flexibility index (Phi) is 7.88. The van der Waals surface area contributed by atoms with Gasteiger partial charge in [0.05, 0.1) is 4.90 Å². The van der Waals surface area contributed by atoms with E-state index in [9.17, 15) is 13.2 Å². The molecule has 2 aliphatic heterocycles. The average molecular weight is 402 g/mol. The quantitative estimate of drug-likeness (QED) is 0.760. The molecule has 0 unspecified atom stereocenters. The number of nitrogens with zero attached hydrogens (tertiary/aromatic N) is 1. The van der Waals surface area contributed by atoms with E-state index < -0.39 is 10.0 Å². The van der Waals surface area contributed by atoms with E-state index in [1.165, 1.54) is 0 Å². The summed E-state index contributed by atoms with van der Waals surface area (Å²) in [6, 6.07) is 7.18. The lowest BCUT2D eigenvalue weighted by Crippen LogP contribution is -2.45. The number of benzene rings is 1. The van der Waals surface area contributed by atoms with E-state index in [4.69, 9.17) is 0 Å². The van der Waals surface area contributed by atoms with Gasteiger partial charge >= 0.3 is 0 Å². The average Bonchev–Trinajstić information content (AvgIpc) is 3.17. The summed E-state index contributed by atoms with van der Waals surface area (Å²) in [5, 5.41) is 6.34. The molecule has 8 heteroatoms. The van der Waals surface area contributed by atoms with E-state index in [2.05, 4.69) is 10.6 Å². The zero-order chi connectivity index (χ0) is 17.7. The molecule has 0 spiro atoms. The number of nitrogens with one attached hydrogen (secondary N) is 2. The van der Waals surface area contributed by atoms with Crippen molar-refractivity contribution in [2.24, 2.45) is 0 Å². The Morgan fingerprint density at radius 1 is 1.15 bits per heavy atom. The van der Waals surface area contributed by atoms with Gasteiger partial charge in [0.2, 0.25) is 15.9 Å². The molecule has 1 amide bonds. The van der Waals surface area contributed by atoms with Crippen LogP contribution in [0, 0.1) is 0 Å². The SMILES string of the molecule is Cl.O=C(CCc1ccc(S(=O)(=O)N2CCCC2)cc1)N[C@H]1CCCNC1. The number of piperidine rings is 1. The minimum absolute atomic E-state index is 0. The van der Waals surface area contributed by atoms with Crippen LogP contribution >= 0.6 is 12.4 Å². The van der Waals surface area contributed by atoms with Crippen molar-refractivity contribution in [3.05, 3.63) is 29.8 Å². The normalized spacial score (nSPS) is 21.2. The molecule has 2 aliphatic rings. The van der Waals surface area contributed by atoms with Gasteiger partial charge in [-0.15, -0.1) is 12.4 Å². The maximum absolute atomic E-state index is 12.5. The molecule has 2 heterocycles. The lowest BCUT2D eigenvalue weighted by molar-refractivity contribution is -0.121. The molecule has 0 saturated carbocycles. The van der Waals surface area contributed by atoms with Gasteiger partial charge in [0.15, 0.2) is 0 Å². The molecular weight excluding hydrogens is 374 g/mol. The third-order valence-corrected chi connectivity index (χ3v) is 6.84. The van der Waals surface area contributed by atoms with Crippen LogP contribution in [0.5, 0.6) is 0 Å². The van der Waals surface area contributed by atoms with Gasteiger partial charge in [0, 0.05) is 32.1 Å². The van der Waals surface area contributed by atoms with Crippen LogP contribution in [0.2, 0.25) is 0 Å². The summed E-state index contributed by atoms with van der Waals surface area (Å²) in [5.74, 6) is 0.0578. The van der Waals surface area contributed by atoms with Crippen molar-refractivity contribution < 1.29 is 13.2 Å². The van der Waals surface area contributed by atoms with Crippen LogP contribution in [0.1, 0.15) is 37.7 Å². The highest BCUT2D eigenvalue weighted by molar-refractivity contribution is 7.89. The van der Waals surface area contributed by atoms with E-state index in [0.29, 0.717) is 30.8 Å². The minimum Gasteiger partial charge on any atom is -0.352 e. The van der Waals surface area contributed by atoms with Gasteiger partial charge < -0.3 is 10.6 Å². The van der Waals surface area contributed by atoms with Crippen LogP contribution in [0.25, 0.3) is 0 Å². The van der Waals surface area contributed by atoms with Crippen molar-refractivity contribution in [3.8, 4) is 0 Å². The Morgan fingerprint density at radius 3 is 2.46 bits per heavy atom. The first-order valence-corrected chi connectivity index (χ1v) is 10.6. The Labute approximate surface area is 162 Å². The third-order valence-electron chi connectivity index (χ3n) is 4.93. The Bertz CT molecular complexity index is 682. The maximum atomic E-state index is 12.5. The van der Waals surface area contributed by atoms with Crippen molar-refractivity contribution in [2.75, 3.05) is 26.2 Å². The van der Waals surface area contributed by atoms with Gasteiger partial charge in [-0.2, -0.15) is 4.31 Å². The molecular formula is C18H28ClN3O3S. The van der Waals surface area contributed by atoms with Crippen molar-refractivity contribution in [1.29, 1.82) is 0 Å². The molecule has 26 heavy (non-hydrogen) atoms. The predicted molar refractivity (Wildman–Crippen MR) is 104 cm³/mol. The number of carbonyl (C=O) groups is 1. The van der Waals surface area contributed by atoms with E-state index in [-0.39, 0.29) is 24.4 Å². The molecule has 2 fully saturated rings. The maximum Gasteiger partial charge on any atom is 0.243 e. The predicted octanol–water partition coefficient (Wildman–Crippen LogP) is 1.69. The first-order chi connectivity index (χ1) is 12.1. The van der Waals surface area contributed by atoms with Gasteiger partial charge in [-0.05, 0) is 56.3 Å². The summed E-state index contributed by atoms with van der Waals surface area (Å²) in [4.78, 5) is 12.4. The summed E-state index contributed by atoms with van der Waals surface area (Å²) in [6.07, 6.45) is 5.04. The summed E-state index contributed by atoms with van der Waals surface area (Å²) >= 11 is 0. The summed E-state index contributed by atoms with van der Waals surface area (Å²) in [6.45, 7) is 3.09. The fraction of sp³-hybridized carbons (Fsp3) is 0.611. The highest BCUT2D eigenvalue weighted by Crippen LogP contribution is 2.21. The van der Waals surface area contributed by atoms with Crippen molar-refractivity contribution >= 4 is 28.3 Å². The first kappa shape index (κ1) is 21.2. The molecule has 0 radical (unpaired) electrons. The van der Waals surface area contributed by atoms with Gasteiger partial charge in [0.25, 0.3) is 0 Å². The Balaban J connectivity index is 0.00000243.